The Morgan fingerprint density at radius 2 is 2.21 bits per heavy atom. The van der Waals surface area contributed by atoms with Crippen molar-refractivity contribution in [3.8, 4) is 5.75 Å². The maximum Gasteiger partial charge on any atom is 0.335 e. The van der Waals surface area contributed by atoms with E-state index in [0.717, 1.165) is 0 Å². The number of hydrogen-bond acceptors (Lipinski definition) is 2. The lowest BCUT2D eigenvalue weighted by Crippen LogP contribution is -2.01. The van der Waals surface area contributed by atoms with Crippen molar-refractivity contribution in [2.24, 2.45) is 0 Å². The van der Waals surface area contributed by atoms with Crippen molar-refractivity contribution in [2.75, 3.05) is 13.3 Å². The molecule has 14 heavy (non-hydrogen) atoms. The Morgan fingerprint density at radius 1 is 1.50 bits per heavy atom. The van der Waals surface area contributed by atoms with Gasteiger partial charge in [0.25, 0.3) is 0 Å². The zero-order chi connectivity index (χ0) is 10.6. The molecule has 0 aromatic heterocycles. The Bertz CT molecular complexity index is 341. The van der Waals surface area contributed by atoms with Crippen molar-refractivity contribution >= 4 is 17.6 Å². The molecular weight excluding hydrogens is 211 g/mol. The molecule has 0 heterocycles. The highest BCUT2D eigenvalue weighted by molar-refractivity contribution is 6.31. The Kier molecular flexibility index (Phi) is 3.71. The molecule has 0 saturated heterocycles. The third kappa shape index (κ3) is 2.88. The number of carboxylic acids is 1. The molecule has 0 bridgehead atoms. The van der Waals surface area contributed by atoms with Crippen LogP contribution in [0, 0.1) is 0 Å². The van der Waals surface area contributed by atoms with Gasteiger partial charge in [0.2, 0.25) is 0 Å². The first kappa shape index (κ1) is 10.8. The summed E-state index contributed by atoms with van der Waals surface area (Å²) in [5.41, 5.74) is 0.0198. The van der Waals surface area contributed by atoms with Crippen LogP contribution in [0.4, 0.5) is 4.39 Å². The molecule has 5 heteroatoms. The Labute approximate surface area is 85.1 Å². The van der Waals surface area contributed by atoms with Gasteiger partial charge in [-0.05, 0) is 18.2 Å². The zero-order valence-corrected chi connectivity index (χ0v) is 7.92. The number of rotatable bonds is 4. The van der Waals surface area contributed by atoms with Gasteiger partial charge in [0.15, 0.2) is 0 Å². The molecule has 0 radical (unpaired) electrons. The van der Waals surface area contributed by atoms with Crippen LogP contribution in [0.15, 0.2) is 18.2 Å². The van der Waals surface area contributed by atoms with Gasteiger partial charge in [-0.25, -0.2) is 9.18 Å². The van der Waals surface area contributed by atoms with E-state index in [0.29, 0.717) is 0 Å². The number of carbonyl (C=O) groups is 1. The molecule has 1 aromatic rings. The fourth-order valence-corrected chi connectivity index (χ4v) is 1.15. The van der Waals surface area contributed by atoms with Crippen LogP contribution >= 0.6 is 11.6 Å². The van der Waals surface area contributed by atoms with Crippen molar-refractivity contribution < 1.29 is 19.0 Å². The summed E-state index contributed by atoms with van der Waals surface area (Å²) in [4.78, 5) is 10.6. The minimum absolute atomic E-state index is 0.0198. The number of hydrogen-bond donors (Lipinski definition) is 1. The van der Waals surface area contributed by atoms with Gasteiger partial charge in [-0.15, -0.1) is 0 Å². The number of aromatic carboxylic acids is 1. The lowest BCUT2D eigenvalue weighted by molar-refractivity contribution is 0.0696. The van der Waals surface area contributed by atoms with Crippen LogP contribution in [0.3, 0.4) is 0 Å². The largest absolute Gasteiger partial charge is 0.491 e. The number of benzene rings is 1. The number of ether oxygens (including phenoxy) is 1. The molecule has 1 aromatic carbocycles. The Balaban J connectivity index is 2.89. The van der Waals surface area contributed by atoms with Crippen molar-refractivity contribution in [1.29, 1.82) is 0 Å². The molecule has 0 aliphatic heterocycles. The summed E-state index contributed by atoms with van der Waals surface area (Å²) in [6.45, 7) is -0.742. The van der Waals surface area contributed by atoms with Crippen molar-refractivity contribution in [3.05, 3.63) is 28.8 Å². The molecule has 0 aliphatic carbocycles. The standard InChI is InChI=1S/C9H8ClFO3/c10-7-3-6(9(12)13)4-8(5-7)14-2-1-11/h3-5H,1-2H2,(H,12,13). The normalized spacial score (nSPS) is 9.86. The van der Waals surface area contributed by atoms with Crippen LogP contribution in [-0.4, -0.2) is 24.4 Å². The number of halogens is 2. The second kappa shape index (κ2) is 4.81. The van der Waals surface area contributed by atoms with Crippen molar-refractivity contribution in [2.45, 2.75) is 0 Å². The number of alkyl halides is 1. The second-order valence-electron chi connectivity index (χ2n) is 2.52. The second-order valence-corrected chi connectivity index (χ2v) is 2.95. The van der Waals surface area contributed by atoms with Crippen molar-refractivity contribution in [3.63, 3.8) is 0 Å². The van der Waals surface area contributed by atoms with E-state index in [4.69, 9.17) is 21.4 Å². The van der Waals surface area contributed by atoms with Gasteiger partial charge in [-0.3, -0.25) is 0 Å². The summed E-state index contributed by atoms with van der Waals surface area (Å²) >= 11 is 5.64. The van der Waals surface area contributed by atoms with Crippen LogP contribution in [-0.2, 0) is 0 Å². The van der Waals surface area contributed by atoms with E-state index in [-0.39, 0.29) is 22.9 Å². The van der Waals surface area contributed by atoms with E-state index >= 15 is 0 Å². The fraction of sp³-hybridized carbons (Fsp3) is 0.222. The van der Waals surface area contributed by atoms with Crippen LogP contribution in [0.1, 0.15) is 10.4 Å². The number of carboxylic acid groups (broad SMARTS) is 1. The minimum atomic E-state index is -1.10. The van der Waals surface area contributed by atoms with E-state index in [1.807, 2.05) is 0 Å². The molecule has 0 unspecified atom stereocenters. The fourth-order valence-electron chi connectivity index (χ4n) is 0.926. The average molecular weight is 219 g/mol. The summed E-state index contributed by atoms with van der Waals surface area (Å²) in [6.07, 6.45) is 0. The van der Waals surface area contributed by atoms with Crippen LogP contribution in [0.5, 0.6) is 5.75 Å². The summed E-state index contributed by atoms with van der Waals surface area (Å²) in [5.74, 6) is -0.842. The monoisotopic (exact) mass is 218 g/mol. The van der Waals surface area contributed by atoms with Gasteiger partial charge in [0.05, 0.1) is 5.56 Å². The highest BCUT2D eigenvalue weighted by Crippen LogP contribution is 2.21. The molecular formula is C9H8ClFO3. The Hall–Kier alpha value is -1.29. The topological polar surface area (TPSA) is 46.5 Å². The minimum Gasteiger partial charge on any atom is -0.491 e. The van der Waals surface area contributed by atoms with E-state index in [1.54, 1.807) is 0 Å². The van der Waals surface area contributed by atoms with Crippen molar-refractivity contribution in [1.82, 2.24) is 0 Å². The maximum atomic E-state index is 11.8. The quantitative estimate of drug-likeness (QED) is 0.844. The molecule has 0 aliphatic rings. The highest BCUT2D eigenvalue weighted by atomic mass is 35.5. The van der Waals surface area contributed by atoms with Crippen LogP contribution < -0.4 is 4.74 Å². The average Bonchev–Trinajstić information content (AvgIpc) is 2.14. The summed E-state index contributed by atoms with van der Waals surface area (Å²) in [7, 11) is 0. The van der Waals surface area contributed by atoms with Gasteiger partial charge in [0, 0.05) is 5.02 Å². The Morgan fingerprint density at radius 3 is 2.79 bits per heavy atom. The van der Waals surface area contributed by atoms with E-state index in [9.17, 15) is 9.18 Å². The molecule has 0 spiro atoms. The lowest BCUT2D eigenvalue weighted by Gasteiger charge is -2.05. The first-order valence-corrected chi connectivity index (χ1v) is 4.24. The van der Waals surface area contributed by atoms with Gasteiger partial charge in [-0.2, -0.15) is 0 Å². The van der Waals surface area contributed by atoms with E-state index < -0.39 is 12.6 Å². The summed E-state index contributed by atoms with van der Waals surface area (Å²) in [6, 6.07) is 4.03. The first-order valence-electron chi connectivity index (χ1n) is 3.86. The molecule has 0 amide bonds. The molecule has 0 saturated carbocycles. The molecule has 0 atom stereocenters. The molecule has 3 nitrogen and oxygen atoms in total. The van der Waals surface area contributed by atoms with Crippen LogP contribution in [0.2, 0.25) is 5.02 Å². The highest BCUT2D eigenvalue weighted by Gasteiger charge is 2.06. The molecule has 1 N–H and O–H groups in total. The smallest absolute Gasteiger partial charge is 0.335 e. The molecule has 76 valence electrons. The third-order valence-corrected chi connectivity index (χ3v) is 1.68. The molecule has 0 fully saturated rings. The van der Waals surface area contributed by atoms with Crippen LogP contribution in [0.25, 0.3) is 0 Å². The summed E-state index contributed by atoms with van der Waals surface area (Å²) in [5, 5.41) is 8.92. The van der Waals surface area contributed by atoms with E-state index in [1.165, 1.54) is 18.2 Å². The van der Waals surface area contributed by atoms with E-state index in [2.05, 4.69) is 0 Å². The predicted octanol–water partition coefficient (Wildman–Crippen LogP) is 2.39. The van der Waals surface area contributed by atoms with Gasteiger partial charge in [0.1, 0.15) is 19.0 Å². The molecule has 1 rings (SSSR count). The van der Waals surface area contributed by atoms with Gasteiger partial charge < -0.3 is 9.84 Å². The third-order valence-electron chi connectivity index (χ3n) is 1.46. The maximum absolute atomic E-state index is 11.8. The lowest BCUT2D eigenvalue weighted by atomic mass is 10.2. The first-order chi connectivity index (χ1) is 6.63. The van der Waals surface area contributed by atoms with Gasteiger partial charge in [-0.1, -0.05) is 11.6 Å². The zero-order valence-electron chi connectivity index (χ0n) is 7.17. The predicted molar refractivity (Wildman–Crippen MR) is 49.9 cm³/mol. The summed E-state index contributed by atoms with van der Waals surface area (Å²) < 4.78 is 16.7. The van der Waals surface area contributed by atoms with Gasteiger partial charge >= 0.3 is 5.97 Å². The SMILES string of the molecule is O=C(O)c1cc(Cl)cc(OCCF)c1.